The molecule has 0 radical (unpaired) electrons. The van der Waals surface area contributed by atoms with Crippen LogP contribution in [0.2, 0.25) is 0 Å². The van der Waals surface area contributed by atoms with E-state index in [2.05, 4.69) is 53.4 Å². The minimum absolute atomic E-state index is 0.510. The average Bonchev–Trinajstić information content (AvgIpc) is 2.89. The van der Waals surface area contributed by atoms with Crippen LogP contribution < -0.4 is 4.74 Å². The van der Waals surface area contributed by atoms with Crippen molar-refractivity contribution < 1.29 is 4.74 Å². The zero-order valence-corrected chi connectivity index (χ0v) is 14.5. The van der Waals surface area contributed by atoms with Gasteiger partial charge in [0.25, 0.3) is 0 Å². The Kier molecular flexibility index (Phi) is 4.29. The molecule has 126 valence electrons. The highest BCUT2D eigenvalue weighted by Crippen LogP contribution is 2.40. The van der Waals surface area contributed by atoms with Gasteiger partial charge in [-0.2, -0.15) is 5.26 Å². The van der Waals surface area contributed by atoms with Gasteiger partial charge in [0.1, 0.15) is 11.8 Å². The molecule has 2 unspecified atom stereocenters. The summed E-state index contributed by atoms with van der Waals surface area (Å²) in [5.74, 6) is 0.667. The van der Waals surface area contributed by atoms with Crippen molar-refractivity contribution in [3.63, 3.8) is 0 Å². The Morgan fingerprint density at radius 3 is 2.72 bits per heavy atom. The molecule has 0 spiro atoms. The largest absolute Gasteiger partial charge is 0.495 e. The van der Waals surface area contributed by atoms with Crippen molar-refractivity contribution in [1.29, 1.82) is 5.26 Å². The second kappa shape index (κ2) is 6.74. The van der Waals surface area contributed by atoms with E-state index >= 15 is 0 Å². The molecule has 1 fully saturated rings. The molecular weight excluding hydrogens is 308 g/mol. The molecule has 4 rings (SSSR count). The van der Waals surface area contributed by atoms with Gasteiger partial charge in [0.2, 0.25) is 0 Å². The predicted molar refractivity (Wildman–Crippen MR) is 99.1 cm³/mol. The van der Waals surface area contributed by atoms with Crippen LogP contribution in [0, 0.1) is 11.3 Å². The van der Waals surface area contributed by atoms with Crippen LogP contribution >= 0.6 is 0 Å². The number of hydrogen-bond acceptors (Lipinski definition) is 3. The van der Waals surface area contributed by atoms with E-state index in [4.69, 9.17) is 10.00 Å². The van der Waals surface area contributed by atoms with E-state index in [-0.39, 0.29) is 0 Å². The Morgan fingerprint density at radius 1 is 1.16 bits per heavy atom. The molecule has 0 N–H and O–H groups in total. The highest BCUT2D eigenvalue weighted by Gasteiger charge is 2.36. The highest BCUT2D eigenvalue weighted by atomic mass is 16.5. The van der Waals surface area contributed by atoms with Crippen molar-refractivity contribution in [3.8, 4) is 11.8 Å². The molecule has 3 heteroatoms. The van der Waals surface area contributed by atoms with Gasteiger partial charge >= 0.3 is 0 Å². The molecule has 2 heterocycles. The summed E-state index contributed by atoms with van der Waals surface area (Å²) in [7, 11) is 1.63. The van der Waals surface area contributed by atoms with Gasteiger partial charge in [-0.15, -0.1) is 0 Å². The molecule has 2 bridgehead atoms. The number of benzene rings is 2. The average molecular weight is 330 g/mol. The fourth-order valence-corrected chi connectivity index (χ4v) is 4.16. The van der Waals surface area contributed by atoms with Crippen LogP contribution in [0.1, 0.15) is 36.0 Å². The van der Waals surface area contributed by atoms with E-state index in [9.17, 15) is 0 Å². The topological polar surface area (TPSA) is 36.3 Å². The second-order valence-corrected chi connectivity index (χ2v) is 6.88. The number of nitrogens with zero attached hydrogens (tertiary/aromatic N) is 2. The molecule has 2 aliphatic rings. The van der Waals surface area contributed by atoms with E-state index in [1.807, 2.05) is 12.1 Å². The predicted octanol–water partition coefficient (Wildman–Crippen LogP) is 4.39. The molecule has 25 heavy (non-hydrogen) atoms. The van der Waals surface area contributed by atoms with Crippen molar-refractivity contribution in [2.45, 2.75) is 37.9 Å². The Labute approximate surface area is 149 Å². The van der Waals surface area contributed by atoms with Gasteiger partial charge in [-0.25, -0.2) is 0 Å². The fourth-order valence-electron chi connectivity index (χ4n) is 4.16. The first-order valence-corrected chi connectivity index (χ1v) is 8.87. The SMILES string of the molecule is COc1cc(C2=CC3CCC(C2)N3Cc2ccccc2)ccc1C#N. The van der Waals surface area contributed by atoms with Gasteiger partial charge in [0.05, 0.1) is 12.7 Å². The van der Waals surface area contributed by atoms with Crippen LogP contribution in [-0.4, -0.2) is 24.1 Å². The standard InChI is InChI=1S/C22H22N2O/c1-25-22-13-17(7-8-18(22)14-23)19-11-20-9-10-21(12-19)24(20)15-16-5-3-2-4-6-16/h2-8,11,13,20-21H,9-10,12,15H2,1H3. The summed E-state index contributed by atoms with van der Waals surface area (Å²) in [4.78, 5) is 2.64. The number of methoxy groups -OCH3 is 1. The molecule has 2 atom stereocenters. The Bertz CT molecular complexity index is 835. The van der Waals surface area contributed by atoms with Crippen LogP contribution in [-0.2, 0) is 6.54 Å². The lowest BCUT2D eigenvalue weighted by molar-refractivity contribution is 0.203. The fraction of sp³-hybridized carbons (Fsp3) is 0.318. The summed E-state index contributed by atoms with van der Waals surface area (Å²) in [6, 6.07) is 20.0. The normalized spacial score (nSPS) is 22.3. The van der Waals surface area contributed by atoms with Crippen molar-refractivity contribution in [2.75, 3.05) is 7.11 Å². The first-order chi connectivity index (χ1) is 12.3. The summed E-state index contributed by atoms with van der Waals surface area (Å²) >= 11 is 0. The summed E-state index contributed by atoms with van der Waals surface area (Å²) in [5.41, 5.74) is 4.55. The maximum atomic E-state index is 9.17. The summed E-state index contributed by atoms with van der Waals surface area (Å²) in [6.45, 7) is 1.02. The molecular formula is C22H22N2O. The lowest BCUT2D eigenvalue weighted by Crippen LogP contribution is -2.37. The lowest BCUT2D eigenvalue weighted by atomic mass is 9.93. The van der Waals surface area contributed by atoms with Gasteiger partial charge in [0.15, 0.2) is 0 Å². The van der Waals surface area contributed by atoms with E-state index in [1.165, 1.54) is 29.5 Å². The number of fused-ring (bicyclic) bond motifs is 2. The zero-order chi connectivity index (χ0) is 17.2. The van der Waals surface area contributed by atoms with E-state index in [0.29, 0.717) is 23.4 Å². The summed E-state index contributed by atoms with van der Waals surface area (Å²) < 4.78 is 5.38. The molecule has 0 aromatic heterocycles. The molecule has 1 saturated heterocycles. The van der Waals surface area contributed by atoms with Gasteiger partial charge in [-0.05, 0) is 48.1 Å². The molecule has 0 amide bonds. The number of nitriles is 1. The first kappa shape index (κ1) is 15.9. The third kappa shape index (κ3) is 3.06. The van der Waals surface area contributed by atoms with Crippen molar-refractivity contribution >= 4 is 5.57 Å². The van der Waals surface area contributed by atoms with E-state index in [1.54, 1.807) is 7.11 Å². The number of ether oxygens (including phenoxy) is 1. The van der Waals surface area contributed by atoms with E-state index < -0.39 is 0 Å². The summed E-state index contributed by atoms with van der Waals surface area (Å²) in [6.07, 6.45) is 5.98. The van der Waals surface area contributed by atoms with Crippen LogP contribution in [0.25, 0.3) is 5.57 Å². The van der Waals surface area contributed by atoms with Crippen molar-refractivity contribution in [2.24, 2.45) is 0 Å². The van der Waals surface area contributed by atoms with Gasteiger partial charge in [-0.1, -0.05) is 42.5 Å². The van der Waals surface area contributed by atoms with Crippen molar-refractivity contribution in [3.05, 3.63) is 71.3 Å². The van der Waals surface area contributed by atoms with E-state index in [0.717, 1.165) is 13.0 Å². The van der Waals surface area contributed by atoms with Gasteiger partial charge in [0, 0.05) is 18.6 Å². The molecule has 3 nitrogen and oxygen atoms in total. The Balaban J connectivity index is 1.58. The minimum Gasteiger partial charge on any atom is -0.495 e. The number of hydrogen-bond donors (Lipinski definition) is 0. The Morgan fingerprint density at radius 2 is 2.00 bits per heavy atom. The smallest absolute Gasteiger partial charge is 0.137 e. The minimum atomic E-state index is 0.510. The first-order valence-electron chi connectivity index (χ1n) is 8.87. The summed E-state index contributed by atoms with van der Waals surface area (Å²) in [5, 5.41) is 9.17. The maximum absolute atomic E-state index is 9.17. The third-order valence-electron chi connectivity index (χ3n) is 5.44. The second-order valence-electron chi connectivity index (χ2n) is 6.88. The molecule has 2 aliphatic heterocycles. The van der Waals surface area contributed by atoms with Gasteiger partial charge < -0.3 is 4.74 Å². The molecule has 0 saturated carbocycles. The lowest BCUT2D eigenvalue weighted by Gasteiger charge is -2.34. The quantitative estimate of drug-likeness (QED) is 0.834. The zero-order valence-electron chi connectivity index (χ0n) is 14.5. The van der Waals surface area contributed by atoms with Crippen LogP contribution in [0.15, 0.2) is 54.6 Å². The van der Waals surface area contributed by atoms with Crippen LogP contribution in [0.3, 0.4) is 0 Å². The highest BCUT2D eigenvalue weighted by molar-refractivity contribution is 5.70. The van der Waals surface area contributed by atoms with Crippen LogP contribution in [0.5, 0.6) is 5.75 Å². The third-order valence-corrected chi connectivity index (χ3v) is 5.44. The molecule has 2 aromatic carbocycles. The maximum Gasteiger partial charge on any atom is 0.137 e. The van der Waals surface area contributed by atoms with Crippen LogP contribution in [0.4, 0.5) is 0 Å². The number of rotatable bonds is 4. The Hall–Kier alpha value is -2.57. The van der Waals surface area contributed by atoms with Gasteiger partial charge in [-0.3, -0.25) is 4.90 Å². The molecule has 2 aromatic rings. The monoisotopic (exact) mass is 330 g/mol. The molecule has 0 aliphatic carbocycles. The van der Waals surface area contributed by atoms with Crippen molar-refractivity contribution in [1.82, 2.24) is 4.90 Å².